The van der Waals surface area contributed by atoms with Crippen LogP contribution in [0, 0.1) is 6.92 Å². The Kier molecular flexibility index (Phi) is 4.46. The van der Waals surface area contributed by atoms with Crippen molar-refractivity contribution in [3.8, 4) is 0 Å². The Morgan fingerprint density at radius 2 is 2.04 bits per heavy atom. The van der Waals surface area contributed by atoms with Gasteiger partial charge in [0.2, 0.25) is 0 Å². The van der Waals surface area contributed by atoms with Crippen molar-refractivity contribution in [3.05, 3.63) is 38.1 Å². The van der Waals surface area contributed by atoms with E-state index in [1.165, 1.54) is 23.4 Å². The highest BCUT2D eigenvalue weighted by Gasteiger charge is 2.26. The van der Waals surface area contributed by atoms with Crippen molar-refractivity contribution < 1.29 is 9.59 Å². The van der Waals surface area contributed by atoms with Gasteiger partial charge in [-0.05, 0) is 51.0 Å². The summed E-state index contributed by atoms with van der Waals surface area (Å²) in [6.07, 6.45) is 7.81. The molecule has 0 aliphatic heterocycles. The van der Waals surface area contributed by atoms with E-state index in [4.69, 9.17) is 4.98 Å². The Morgan fingerprint density at radius 1 is 1.20 bits per heavy atom. The smallest absolute Gasteiger partial charge is 0.268 e. The second-order valence-electron chi connectivity index (χ2n) is 6.95. The number of rotatable bonds is 4. The lowest BCUT2D eigenvalue weighted by Crippen LogP contribution is -2.26. The molecule has 0 saturated heterocycles. The Hall–Kier alpha value is -1.95. The first-order valence-electron chi connectivity index (χ1n) is 9.14. The summed E-state index contributed by atoms with van der Waals surface area (Å²) in [5.74, 6) is 0.0310. The molecule has 2 N–H and O–H groups in total. The topological polar surface area (TPSA) is 74.8 Å². The fraction of sp³-hybridized carbons (Fsp3) is 0.526. The number of nitrogens with zero attached hydrogens (tertiary/aromatic N) is 1. The molecule has 5 nitrogen and oxygen atoms in total. The van der Waals surface area contributed by atoms with E-state index in [0.29, 0.717) is 18.7 Å². The third-order valence-corrected chi connectivity index (χ3v) is 6.40. The molecule has 6 heteroatoms. The first-order chi connectivity index (χ1) is 12.1. The van der Waals surface area contributed by atoms with Gasteiger partial charge in [-0.2, -0.15) is 0 Å². The van der Waals surface area contributed by atoms with Gasteiger partial charge in [0.25, 0.3) is 5.91 Å². The number of aromatic nitrogens is 2. The van der Waals surface area contributed by atoms with Gasteiger partial charge in [0.1, 0.15) is 5.69 Å². The van der Waals surface area contributed by atoms with E-state index in [9.17, 15) is 9.59 Å². The first-order valence-corrected chi connectivity index (χ1v) is 9.95. The van der Waals surface area contributed by atoms with Crippen molar-refractivity contribution in [2.45, 2.75) is 58.3 Å². The Labute approximate surface area is 151 Å². The van der Waals surface area contributed by atoms with Crippen LogP contribution in [0.2, 0.25) is 0 Å². The van der Waals surface area contributed by atoms with Crippen LogP contribution in [0.3, 0.4) is 0 Å². The number of fused-ring (bicyclic) bond motifs is 2. The highest BCUT2D eigenvalue weighted by molar-refractivity contribution is 7.11. The summed E-state index contributed by atoms with van der Waals surface area (Å²) in [6.45, 7) is 2.44. The number of hydrogen-bond donors (Lipinski definition) is 2. The number of aryl methyl sites for hydroxylation is 3. The van der Waals surface area contributed by atoms with Crippen LogP contribution >= 0.6 is 11.3 Å². The molecule has 2 aliphatic rings. The molecule has 132 valence electrons. The van der Waals surface area contributed by atoms with Crippen LogP contribution in [0.25, 0.3) is 0 Å². The minimum atomic E-state index is -0.124. The fourth-order valence-corrected chi connectivity index (χ4v) is 5.04. The largest absolute Gasteiger partial charge is 0.354 e. The van der Waals surface area contributed by atoms with Crippen molar-refractivity contribution >= 4 is 23.0 Å². The van der Waals surface area contributed by atoms with E-state index >= 15 is 0 Å². The zero-order chi connectivity index (χ0) is 17.4. The molecule has 2 aliphatic carbocycles. The van der Waals surface area contributed by atoms with E-state index in [0.717, 1.165) is 53.9 Å². The lowest BCUT2D eigenvalue weighted by atomic mass is 9.94. The van der Waals surface area contributed by atoms with Gasteiger partial charge in [-0.1, -0.05) is 0 Å². The van der Waals surface area contributed by atoms with Crippen LogP contribution in [0.4, 0.5) is 0 Å². The Morgan fingerprint density at radius 3 is 2.84 bits per heavy atom. The Bertz CT molecular complexity index is 811. The molecule has 0 radical (unpaired) electrons. The molecule has 0 saturated carbocycles. The number of carbonyl (C=O) groups is 2. The zero-order valence-corrected chi connectivity index (χ0v) is 15.4. The van der Waals surface area contributed by atoms with Crippen LogP contribution in [0.15, 0.2) is 0 Å². The molecule has 2 heterocycles. The summed E-state index contributed by atoms with van der Waals surface area (Å²) in [7, 11) is 0. The average molecular weight is 357 g/mol. The maximum Gasteiger partial charge on any atom is 0.268 e. The van der Waals surface area contributed by atoms with Gasteiger partial charge in [0.15, 0.2) is 5.78 Å². The van der Waals surface area contributed by atoms with Crippen LogP contribution in [-0.4, -0.2) is 28.2 Å². The molecule has 0 bridgehead atoms. The summed E-state index contributed by atoms with van der Waals surface area (Å²) in [5, 5.41) is 4.09. The van der Waals surface area contributed by atoms with Crippen LogP contribution in [-0.2, 0) is 25.7 Å². The highest BCUT2D eigenvalue weighted by Crippen LogP contribution is 2.27. The van der Waals surface area contributed by atoms with E-state index in [1.807, 2.05) is 6.92 Å². The molecular weight excluding hydrogens is 334 g/mol. The molecule has 0 unspecified atom stereocenters. The number of nitrogens with one attached hydrogen (secondary N) is 2. The van der Waals surface area contributed by atoms with Crippen molar-refractivity contribution in [2.24, 2.45) is 0 Å². The van der Waals surface area contributed by atoms with Gasteiger partial charge in [-0.25, -0.2) is 4.98 Å². The highest BCUT2D eigenvalue weighted by atomic mass is 32.1. The van der Waals surface area contributed by atoms with Gasteiger partial charge in [0.05, 0.1) is 10.7 Å². The number of ketones is 1. The van der Waals surface area contributed by atoms with Gasteiger partial charge >= 0.3 is 0 Å². The van der Waals surface area contributed by atoms with Crippen LogP contribution in [0.5, 0.6) is 0 Å². The van der Waals surface area contributed by atoms with E-state index in [-0.39, 0.29) is 11.7 Å². The van der Waals surface area contributed by atoms with Crippen LogP contribution < -0.4 is 5.32 Å². The minimum Gasteiger partial charge on any atom is -0.354 e. The predicted molar refractivity (Wildman–Crippen MR) is 97.6 cm³/mol. The third-order valence-electron chi connectivity index (χ3n) is 5.18. The summed E-state index contributed by atoms with van der Waals surface area (Å²) >= 11 is 1.79. The third kappa shape index (κ3) is 3.15. The minimum absolute atomic E-state index is 0.124. The molecule has 0 fully saturated rings. The molecule has 2 aromatic rings. The normalized spacial score (nSPS) is 16.4. The first kappa shape index (κ1) is 16.5. The average Bonchev–Trinajstić information content (AvgIpc) is 3.16. The van der Waals surface area contributed by atoms with E-state index in [2.05, 4.69) is 10.3 Å². The number of amides is 1. The van der Waals surface area contributed by atoms with Gasteiger partial charge in [-0.15, -0.1) is 11.3 Å². The lowest BCUT2D eigenvalue weighted by molar-refractivity contribution is 0.0948. The molecular formula is C19H23N3O2S. The molecule has 0 aromatic carbocycles. The molecule has 4 rings (SSSR count). The van der Waals surface area contributed by atoms with E-state index in [1.54, 1.807) is 11.3 Å². The van der Waals surface area contributed by atoms with Crippen molar-refractivity contribution in [2.75, 3.05) is 6.54 Å². The maximum absolute atomic E-state index is 12.5. The van der Waals surface area contributed by atoms with Crippen LogP contribution in [0.1, 0.15) is 73.4 Å². The quantitative estimate of drug-likeness (QED) is 0.883. The summed E-state index contributed by atoms with van der Waals surface area (Å²) in [4.78, 5) is 33.9. The lowest BCUT2D eigenvalue weighted by Gasteiger charge is -2.09. The molecule has 0 spiro atoms. The van der Waals surface area contributed by atoms with E-state index < -0.39 is 0 Å². The number of hydrogen-bond acceptors (Lipinski definition) is 4. The van der Waals surface area contributed by atoms with Gasteiger partial charge < -0.3 is 10.3 Å². The molecule has 2 aromatic heterocycles. The number of H-pyrrole nitrogens is 1. The standard InChI is InChI=1S/C19H23N3O2S/c1-11-17-13(6-4-7-14(17)23)22-18(11)19(24)20-10-9-16-21-12-5-2-3-8-15(12)25-16/h22H,2-10H2,1H3,(H,20,24). The summed E-state index contributed by atoms with van der Waals surface area (Å²) in [6, 6.07) is 0. The summed E-state index contributed by atoms with van der Waals surface area (Å²) < 4.78 is 0. The summed E-state index contributed by atoms with van der Waals surface area (Å²) in [5.41, 5.74) is 4.26. The molecule has 25 heavy (non-hydrogen) atoms. The second kappa shape index (κ2) is 6.75. The predicted octanol–water partition coefficient (Wildman–Crippen LogP) is 3.15. The fourth-order valence-electron chi connectivity index (χ4n) is 3.88. The van der Waals surface area contributed by atoms with Crippen molar-refractivity contribution in [3.63, 3.8) is 0 Å². The second-order valence-corrected chi connectivity index (χ2v) is 8.11. The molecule has 1 amide bonds. The monoisotopic (exact) mass is 357 g/mol. The number of aromatic amines is 1. The van der Waals surface area contributed by atoms with Gasteiger partial charge in [-0.3, -0.25) is 9.59 Å². The van der Waals surface area contributed by atoms with Crippen molar-refractivity contribution in [1.82, 2.24) is 15.3 Å². The number of carbonyl (C=O) groups excluding carboxylic acids is 2. The zero-order valence-electron chi connectivity index (χ0n) is 14.5. The number of Topliss-reactive ketones (excluding diaryl/α,β-unsaturated/α-hetero) is 1. The Balaban J connectivity index is 1.39. The van der Waals surface area contributed by atoms with Crippen molar-refractivity contribution in [1.29, 1.82) is 0 Å². The number of thiazole rings is 1. The molecule has 0 atom stereocenters. The maximum atomic E-state index is 12.5. The SMILES string of the molecule is Cc1c(C(=O)NCCc2nc3c(s2)CCCC3)[nH]c2c1C(=O)CCC2. The van der Waals surface area contributed by atoms with Gasteiger partial charge in [0, 0.05) is 35.5 Å².